The molecule has 3 rings (SSSR count). The Kier molecular flexibility index (Phi) is 8.03. The molecule has 2 fully saturated rings. The van der Waals surface area contributed by atoms with E-state index in [-0.39, 0.29) is 40.5 Å². The fourth-order valence-corrected chi connectivity index (χ4v) is 4.43. The lowest BCUT2D eigenvalue weighted by Gasteiger charge is -2.27. The van der Waals surface area contributed by atoms with Gasteiger partial charge in [0.1, 0.15) is 6.54 Å². The lowest BCUT2D eigenvalue weighted by molar-refractivity contribution is -0.143. The minimum Gasteiger partial charge on any atom is -0.493 e. The van der Waals surface area contributed by atoms with Gasteiger partial charge >= 0.3 is 5.97 Å². The van der Waals surface area contributed by atoms with Crippen molar-refractivity contribution in [1.82, 2.24) is 9.80 Å². The number of methoxy groups -OCH3 is 2. The highest BCUT2D eigenvalue weighted by Gasteiger charge is 2.37. The van der Waals surface area contributed by atoms with E-state index in [0.717, 1.165) is 35.9 Å². The molecule has 0 unspecified atom stereocenters. The summed E-state index contributed by atoms with van der Waals surface area (Å²) in [5.41, 5.74) is 0.491. The fraction of sp³-hybridized carbons (Fsp3) is 0.429. The van der Waals surface area contributed by atoms with Crippen molar-refractivity contribution >= 4 is 52.5 Å². The smallest absolute Gasteiger partial charge is 0.343 e. The molecule has 0 atom stereocenters. The van der Waals surface area contributed by atoms with E-state index in [4.69, 9.17) is 21.1 Å². The maximum Gasteiger partial charge on any atom is 0.343 e. The Labute approximate surface area is 194 Å². The molecule has 9 nitrogen and oxygen atoms in total. The van der Waals surface area contributed by atoms with Gasteiger partial charge in [0.05, 0.1) is 24.1 Å². The molecule has 11 heteroatoms. The van der Waals surface area contributed by atoms with Crippen LogP contribution in [0.4, 0.5) is 4.79 Å². The molecule has 0 spiro atoms. The van der Waals surface area contributed by atoms with Crippen molar-refractivity contribution in [3.05, 3.63) is 27.6 Å². The first-order valence-electron chi connectivity index (χ1n) is 9.94. The Morgan fingerprint density at radius 1 is 1.16 bits per heavy atom. The highest BCUT2D eigenvalue weighted by Crippen LogP contribution is 2.39. The third kappa shape index (κ3) is 5.55. The number of carbonyl (C=O) groups excluding carboxylic acids is 4. The van der Waals surface area contributed by atoms with Gasteiger partial charge in [0.2, 0.25) is 5.91 Å². The molecule has 2 aliphatic rings. The van der Waals surface area contributed by atoms with Crippen LogP contribution in [0.1, 0.15) is 24.8 Å². The lowest BCUT2D eigenvalue weighted by Crippen LogP contribution is -2.44. The van der Waals surface area contributed by atoms with Crippen LogP contribution in [0.2, 0.25) is 5.02 Å². The number of imide groups is 1. The molecule has 32 heavy (non-hydrogen) atoms. The van der Waals surface area contributed by atoms with Crippen LogP contribution in [0.15, 0.2) is 17.0 Å². The number of piperidine rings is 1. The molecule has 0 radical (unpaired) electrons. The average Bonchev–Trinajstić information content (AvgIpc) is 3.05. The van der Waals surface area contributed by atoms with Gasteiger partial charge in [-0.25, -0.2) is 4.79 Å². The highest BCUT2D eigenvalue weighted by atomic mass is 35.5. The number of rotatable bonds is 7. The van der Waals surface area contributed by atoms with Crippen molar-refractivity contribution < 1.29 is 33.4 Å². The van der Waals surface area contributed by atoms with Gasteiger partial charge in [-0.1, -0.05) is 11.6 Å². The Morgan fingerprint density at radius 3 is 2.53 bits per heavy atom. The Balaban J connectivity index is 1.75. The Morgan fingerprint density at radius 2 is 1.88 bits per heavy atom. The van der Waals surface area contributed by atoms with Crippen LogP contribution in [0.5, 0.6) is 11.5 Å². The summed E-state index contributed by atoms with van der Waals surface area (Å²) in [5.74, 6) is -0.958. The second kappa shape index (κ2) is 10.7. The third-order valence-corrected chi connectivity index (χ3v) is 6.18. The van der Waals surface area contributed by atoms with E-state index in [1.54, 1.807) is 11.0 Å². The number of nitrogens with zero attached hydrogens (tertiary/aromatic N) is 2. The van der Waals surface area contributed by atoms with Crippen molar-refractivity contribution in [1.29, 1.82) is 0 Å². The molecule has 2 heterocycles. The molecule has 2 saturated heterocycles. The van der Waals surface area contributed by atoms with Gasteiger partial charge < -0.3 is 19.1 Å². The average molecular weight is 483 g/mol. The van der Waals surface area contributed by atoms with E-state index in [1.807, 2.05) is 0 Å². The van der Waals surface area contributed by atoms with Gasteiger partial charge in [-0.05, 0) is 54.8 Å². The van der Waals surface area contributed by atoms with Crippen LogP contribution in [-0.2, 0) is 19.1 Å². The fourth-order valence-electron chi connectivity index (χ4n) is 3.32. The minimum atomic E-state index is -0.583. The summed E-state index contributed by atoms with van der Waals surface area (Å²) < 4.78 is 15.2. The molecule has 2 aliphatic heterocycles. The van der Waals surface area contributed by atoms with Gasteiger partial charge in [-0.3, -0.25) is 19.3 Å². The number of benzene rings is 1. The molecule has 0 bridgehead atoms. The van der Waals surface area contributed by atoms with E-state index >= 15 is 0 Å². The van der Waals surface area contributed by atoms with Crippen LogP contribution in [0.3, 0.4) is 0 Å². The SMILES string of the molecule is COC(=O)COc1c(Cl)cc(/C=C2\SC(=O)N(CC(=O)N3CCCCC3)C2=O)cc1OC. The van der Waals surface area contributed by atoms with Gasteiger partial charge in [0.15, 0.2) is 18.1 Å². The van der Waals surface area contributed by atoms with E-state index < -0.39 is 17.1 Å². The first-order chi connectivity index (χ1) is 15.3. The first kappa shape index (κ1) is 23.9. The number of ether oxygens (including phenoxy) is 3. The first-order valence-corrected chi connectivity index (χ1v) is 11.1. The standard InChI is InChI=1S/C21H23ClN2O7S/c1-29-15-9-13(8-14(22)19(15)31-12-18(26)30-2)10-16-20(27)24(21(28)32-16)11-17(25)23-6-4-3-5-7-23/h8-10H,3-7,11-12H2,1-2H3/b16-10-. The number of halogens is 1. The summed E-state index contributed by atoms with van der Waals surface area (Å²) in [4.78, 5) is 51.7. The van der Waals surface area contributed by atoms with Gasteiger partial charge in [0.25, 0.3) is 11.1 Å². The van der Waals surface area contributed by atoms with E-state index in [1.165, 1.54) is 26.4 Å². The maximum atomic E-state index is 12.8. The van der Waals surface area contributed by atoms with Crippen LogP contribution < -0.4 is 9.47 Å². The third-order valence-electron chi connectivity index (χ3n) is 4.99. The molecule has 1 aromatic carbocycles. The van der Waals surface area contributed by atoms with Crippen LogP contribution in [-0.4, -0.2) is 73.3 Å². The summed E-state index contributed by atoms with van der Waals surface area (Å²) in [6.45, 7) is 0.670. The molecule has 1 aromatic rings. The van der Waals surface area contributed by atoms with E-state index in [2.05, 4.69) is 4.74 Å². The Hall–Kier alpha value is -2.72. The zero-order chi connectivity index (χ0) is 23.3. The molecule has 0 aliphatic carbocycles. The largest absolute Gasteiger partial charge is 0.493 e. The number of hydrogen-bond acceptors (Lipinski definition) is 8. The normalized spacial score (nSPS) is 17.7. The van der Waals surface area contributed by atoms with Crippen LogP contribution in [0.25, 0.3) is 6.08 Å². The van der Waals surface area contributed by atoms with Crippen molar-refractivity contribution in [3.8, 4) is 11.5 Å². The van der Waals surface area contributed by atoms with Crippen molar-refractivity contribution in [2.45, 2.75) is 19.3 Å². The molecule has 0 aromatic heterocycles. The Bertz CT molecular complexity index is 960. The lowest BCUT2D eigenvalue weighted by atomic mass is 10.1. The van der Waals surface area contributed by atoms with Crippen molar-refractivity contribution in [2.75, 3.05) is 40.5 Å². The van der Waals surface area contributed by atoms with Crippen LogP contribution in [0, 0.1) is 0 Å². The summed E-state index contributed by atoms with van der Waals surface area (Å²) in [6.07, 6.45) is 4.42. The van der Waals surface area contributed by atoms with E-state index in [0.29, 0.717) is 18.7 Å². The summed E-state index contributed by atoms with van der Waals surface area (Å²) >= 11 is 7.03. The summed E-state index contributed by atoms with van der Waals surface area (Å²) in [5, 5.41) is -0.346. The molecular weight excluding hydrogens is 460 g/mol. The monoisotopic (exact) mass is 482 g/mol. The van der Waals surface area contributed by atoms with Crippen molar-refractivity contribution in [2.24, 2.45) is 0 Å². The number of likely N-dealkylation sites (tertiary alicyclic amines) is 1. The predicted molar refractivity (Wildman–Crippen MR) is 119 cm³/mol. The minimum absolute atomic E-state index is 0.150. The number of hydrogen-bond donors (Lipinski definition) is 0. The number of esters is 1. The number of thioether (sulfide) groups is 1. The van der Waals surface area contributed by atoms with Crippen LogP contribution >= 0.6 is 23.4 Å². The quantitative estimate of drug-likeness (QED) is 0.431. The van der Waals surface area contributed by atoms with E-state index in [9.17, 15) is 19.2 Å². The molecule has 3 amide bonds. The molecule has 0 N–H and O–H groups in total. The molecule has 0 saturated carbocycles. The van der Waals surface area contributed by atoms with Gasteiger partial charge in [-0.2, -0.15) is 0 Å². The maximum absolute atomic E-state index is 12.8. The topological polar surface area (TPSA) is 102 Å². The molecule has 172 valence electrons. The predicted octanol–water partition coefficient (Wildman–Crippen LogP) is 2.95. The zero-order valence-electron chi connectivity index (χ0n) is 17.7. The number of carbonyl (C=O) groups is 4. The molecular formula is C21H23ClN2O7S. The number of amides is 3. The second-order valence-corrected chi connectivity index (χ2v) is 8.51. The highest BCUT2D eigenvalue weighted by molar-refractivity contribution is 8.18. The van der Waals surface area contributed by atoms with Crippen molar-refractivity contribution in [3.63, 3.8) is 0 Å². The summed E-state index contributed by atoms with van der Waals surface area (Å²) in [7, 11) is 2.64. The van der Waals surface area contributed by atoms with Gasteiger partial charge in [0, 0.05) is 13.1 Å². The summed E-state index contributed by atoms with van der Waals surface area (Å²) in [6, 6.07) is 3.08. The van der Waals surface area contributed by atoms with Gasteiger partial charge in [-0.15, -0.1) is 0 Å². The zero-order valence-corrected chi connectivity index (χ0v) is 19.3. The second-order valence-electron chi connectivity index (χ2n) is 7.11.